The fourth-order valence-corrected chi connectivity index (χ4v) is 2.32. The van der Waals surface area contributed by atoms with E-state index in [2.05, 4.69) is 33.4 Å². The average Bonchev–Trinajstić information content (AvgIpc) is 2.50. The van der Waals surface area contributed by atoms with Gasteiger partial charge in [-0.25, -0.2) is 0 Å². The number of ether oxygens (including phenoxy) is 1. The second-order valence-corrected chi connectivity index (χ2v) is 5.86. The molecule has 2 heteroatoms. The maximum Gasteiger partial charge on any atom is 0.160 e. The zero-order valence-corrected chi connectivity index (χ0v) is 14.3. The molecule has 0 atom stereocenters. The average molecular weight is 300 g/mol. The molecule has 0 amide bonds. The summed E-state index contributed by atoms with van der Waals surface area (Å²) < 4.78 is 4.95. The van der Waals surface area contributed by atoms with Crippen LogP contribution in [0.1, 0.15) is 45.6 Å². The van der Waals surface area contributed by atoms with E-state index in [1.807, 2.05) is 12.1 Å². The third-order valence-corrected chi connectivity index (χ3v) is 3.85. The second-order valence-electron chi connectivity index (χ2n) is 5.86. The van der Waals surface area contributed by atoms with Crippen LogP contribution >= 0.6 is 0 Å². The molecule has 0 fully saturated rings. The van der Waals surface area contributed by atoms with E-state index < -0.39 is 0 Å². The fourth-order valence-electron chi connectivity index (χ4n) is 2.32. The molecule has 2 rings (SSSR count). The number of methoxy groups -OCH3 is 1. The van der Waals surface area contributed by atoms with Crippen molar-refractivity contribution >= 4 is 0 Å². The molecule has 22 heavy (non-hydrogen) atoms. The fraction of sp³-hybridized carbons (Fsp3) is 0.400. The lowest BCUT2D eigenvalue weighted by Crippen LogP contribution is -1.93. The summed E-state index contributed by atoms with van der Waals surface area (Å²) >= 11 is 0. The van der Waals surface area contributed by atoms with Gasteiger partial charge in [-0.3, -0.25) is 0 Å². The van der Waals surface area contributed by atoms with Crippen LogP contribution < -0.4 is 4.74 Å². The maximum absolute atomic E-state index is 9.25. The van der Waals surface area contributed by atoms with E-state index in [-0.39, 0.29) is 5.75 Å². The predicted molar refractivity (Wildman–Crippen MR) is 94.5 cm³/mol. The number of phenolic OH excluding ortho intramolecular Hbond substituents is 1. The highest BCUT2D eigenvalue weighted by Gasteiger charge is 2.04. The van der Waals surface area contributed by atoms with Gasteiger partial charge in [-0.2, -0.15) is 0 Å². The summed E-state index contributed by atoms with van der Waals surface area (Å²) in [6, 6.07) is 5.27. The molecule has 0 unspecified atom stereocenters. The van der Waals surface area contributed by atoms with Crippen molar-refractivity contribution in [1.29, 1.82) is 0 Å². The minimum absolute atomic E-state index is 0.172. The third-order valence-electron chi connectivity index (χ3n) is 3.85. The van der Waals surface area contributed by atoms with E-state index in [1.54, 1.807) is 23.3 Å². The standard InChI is InChI=1S/C10H12O2.C10H16/c1-3-4-8-5-6-9(11)10(7-8)12-2;1-8(2)10-6-4-9(3)5-7-10/h3,5-7,11H,1,4H2,2H3;4H,5-7H2,1-3H3. The Morgan fingerprint density at radius 1 is 1.32 bits per heavy atom. The Hall–Kier alpha value is -1.96. The van der Waals surface area contributed by atoms with Gasteiger partial charge in [-0.15, -0.1) is 6.58 Å². The molecule has 0 spiro atoms. The molecule has 1 aromatic carbocycles. The van der Waals surface area contributed by atoms with E-state index in [0.717, 1.165) is 12.0 Å². The summed E-state index contributed by atoms with van der Waals surface area (Å²) in [6.07, 6.45) is 8.73. The van der Waals surface area contributed by atoms with Crippen molar-refractivity contribution in [3.05, 3.63) is 59.2 Å². The number of hydrogen-bond donors (Lipinski definition) is 1. The van der Waals surface area contributed by atoms with E-state index in [9.17, 15) is 5.11 Å². The molecule has 0 saturated heterocycles. The van der Waals surface area contributed by atoms with Crippen molar-refractivity contribution in [2.45, 2.75) is 46.5 Å². The van der Waals surface area contributed by atoms with E-state index >= 15 is 0 Å². The molecular formula is C20H28O2. The molecule has 0 heterocycles. The molecule has 0 saturated carbocycles. The molecule has 120 valence electrons. The molecule has 0 bridgehead atoms. The minimum Gasteiger partial charge on any atom is -0.504 e. The Bertz CT molecular complexity index is 561. The van der Waals surface area contributed by atoms with Crippen molar-refractivity contribution < 1.29 is 9.84 Å². The van der Waals surface area contributed by atoms with Gasteiger partial charge in [0.25, 0.3) is 0 Å². The van der Waals surface area contributed by atoms with Crippen LogP contribution in [0.15, 0.2) is 53.6 Å². The van der Waals surface area contributed by atoms with Crippen molar-refractivity contribution in [2.24, 2.45) is 0 Å². The molecule has 1 aromatic rings. The normalized spacial score (nSPS) is 13.6. The first-order valence-corrected chi connectivity index (χ1v) is 7.75. The lowest BCUT2D eigenvalue weighted by molar-refractivity contribution is 0.373. The van der Waals surface area contributed by atoms with Gasteiger partial charge in [0.05, 0.1) is 7.11 Å². The molecule has 1 N–H and O–H groups in total. The Kier molecular flexibility index (Phi) is 7.51. The van der Waals surface area contributed by atoms with Gasteiger partial charge in [0.2, 0.25) is 0 Å². The van der Waals surface area contributed by atoms with Crippen LogP contribution in [-0.2, 0) is 6.42 Å². The van der Waals surface area contributed by atoms with Gasteiger partial charge in [0, 0.05) is 0 Å². The summed E-state index contributed by atoms with van der Waals surface area (Å²) in [4.78, 5) is 0. The van der Waals surface area contributed by atoms with Crippen LogP contribution in [0.5, 0.6) is 11.5 Å². The number of allylic oxidation sites excluding steroid dienone is 5. The number of phenols is 1. The number of rotatable bonds is 3. The van der Waals surface area contributed by atoms with Crippen LogP contribution in [0.2, 0.25) is 0 Å². The van der Waals surface area contributed by atoms with Crippen LogP contribution in [0.25, 0.3) is 0 Å². The van der Waals surface area contributed by atoms with Gasteiger partial charge in [0.15, 0.2) is 11.5 Å². The highest BCUT2D eigenvalue weighted by atomic mass is 16.5. The quantitative estimate of drug-likeness (QED) is 0.738. The summed E-state index contributed by atoms with van der Waals surface area (Å²) in [5.74, 6) is 0.680. The van der Waals surface area contributed by atoms with Crippen LogP contribution in [0.4, 0.5) is 0 Å². The highest BCUT2D eigenvalue weighted by molar-refractivity contribution is 5.42. The monoisotopic (exact) mass is 300 g/mol. The van der Waals surface area contributed by atoms with E-state index in [0.29, 0.717) is 5.75 Å². The SMILES string of the molecule is C=CCc1ccc(O)c(OC)c1.CC1=CCC(=C(C)C)CC1. The van der Waals surface area contributed by atoms with Crippen molar-refractivity contribution in [3.63, 3.8) is 0 Å². The molecule has 2 nitrogen and oxygen atoms in total. The summed E-state index contributed by atoms with van der Waals surface area (Å²) in [6.45, 7) is 10.3. The number of benzene rings is 1. The van der Waals surface area contributed by atoms with Crippen LogP contribution in [0, 0.1) is 0 Å². The summed E-state index contributed by atoms with van der Waals surface area (Å²) in [7, 11) is 1.53. The topological polar surface area (TPSA) is 29.5 Å². The Morgan fingerprint density at radius 2 is 2.05 bits per heavy atom. The molecule has 0 aromatic heterocycles. The minimum atomic E-state index is 0.172. The molecule has 0 radical (unpaired) electrons. The largest absolute Gasteiger partial charge is 0.504 e. The van der Waals surface area contributed by atoms with Gasteiger partial charge < -0.3 is 9.84 Å². The van der Waals surface area contributed by atoms with Gasteiger partial charge in [-0.1, -0.05) is 34.9 Å². The lowest BCUT2D eigenvalue weighted by atomic mass is 9.93. The van der Waals surface area contributed by atoms with Crippen molar-refractivity contribution in [3.8, 4) is 11.5 Å². The summed E-state index contributed by atoms with van der Waals surface area (Å²) in [5.41, 5.74) is 5.80. The van der Waals surface area contributed by atoms with Gasteiger partial charge >= 0.3 is 0 Å². The first-order valence-electron chi connectivity index (χ1n) is 7.75. The van der Waals surface area contributed by atoms with Crippen molar-refractivity contribution in [2.75, 3.05) is 7.11 Å². The van der Waals surface area contributed by atoms with Crippen LogP contribution in [-0.4, -0.2) is 12.2 Å². The second kappa shape index (κ2) is 9.14. The lowest BCUT2D eigenvalue weighted by Gasteiger charge is -2.13. The molecule has 1 aliphatic rings. The predicted octanol–water partition coefficient (Wildman–Crippen LogP) is 5.58. The summed E-state index contributed by atoms with van der Waals surface area (Å²) in [5, 5.41) is 9.25. The zero-order valence-electron chi connectivity index (χ0n) is 14.3. The van der Waals surface area contributed by atoms with Crippen LogP contribution in [0.3, 0.4) is 0 Å². The van der Waals surface area contributed by atoms with E-state index in [1.165, 1.54) is 31.9 Å². The van der Waals surface area contributed by atoms with Crippen molar-refractivity contribution in [1.82, 2.24) is 0 Å². The first-order chi connectivity index (χ1) is 10.5. The van der Waals surface area contributed by atoms with Gasteiger partial charge in [0.1, 0.15) is 0 Å². The third kappa shape index (κ3) is 5.80. The maximum atomic E-state index is 9.25. The number of hydrogen-bond acceptors (Lipinski definition) is 2. The highest BCUT2D eigenvalue weighted by Crippen LogP contribution is 2.26. The van der Waals surface area contributed by atoms with Gasteiger partial charge in [-0.05, 0) is 64.2 Å². The number of aromatic hydroxyl groups is 1. The zero-order chi connectivity index (χ0) is 16.5. The van der Waals surface area contributed by atoms with E-state index in [4.69, 9.17) is 4.74 Å². The Labute approximate surface area is 134 Å². The Balaban J connectivity index is 0.000000224. The molecule has 0 aliphatic heterocycles. The molecular weight excluding hydrogens is 272 g/mol. The molecule has 1 aliphatic carbocycles. The Morgan fingerprint density at radius 3 is 2.55 bits per heavy atom. The first kappa shape index (κ1) is 18.1. The smallest absolute Gasteiger partial charge is 0.160 e.